The molecule has 2 aromatic rings. The highest BCUT2D eigenvalue weighted by Crippen LogP contribution is 2.32. The normalized spacial score (nSPS) is 23.4. The van der Waals surface area contributed by atoms with Gasteiger partial charge in [-0.05, 0) is 31.4 Å². The smallest absolute Gasteiger partial charge is 0.264 e. The Morgan fingerprint density at radius 3 is 3.04 bits per heavy atom. The van der Waals surface area contributed by atoms with Gasteiger partial charge in [-0.25, -0.2) is 4.98 Å². The number of likely N-dealkylation sites (tertiary alicyclic amines) is 1. The number of benzene rings is 1. The van der Waals surface area contributed by atoms with Crippen LogP contribution in [0.4, 0.5) is 0 Å². The fourth-order valence-electron chi connectivity index (χ4n) is 3.46. The van der Waals surface area contributed by atoms with E-state index in [1.54, 1.807) is 11.3 Å². The summed E-state index contributed by atoms with van der Waals surface area (Å²) in [4.78, 5) is 19.4. The van der Waals surface area contributed by atoms with Crippen LogP contribution in [0.5, 0.6) is 5.75 Å². The molecule has 1 saturated heterocycles. The number of hydrogen-bond donors (Lipinski definition) is 0. The van der Waals surface area contributed by atoms with Gasteiger partial charge in [-0.2, -0.15) is 0 Å². The van der Waals surface area contributed by atoms with Gasteiger partial charge in [-0.15, -0.1) is 11.3 Å². The standard InChI is InChI=1S/C18H20N2O2S/c1-12-11-23-17(19-12)14-6-4-8-20(10-14)18(21)16-9-13-5-2-3-7-15(13)22-16/h2-3,5,7,11,14,16H,4,6,8-10H2,1H3/t14-,16-/m0/s1. The van der Waals surface area contributed by atoms with Crippen LogP contribution in [-0.2, 0) is 11.2 Å². The van der Waals surface area contributed by atoms with Gasteiger partial charge in [0.15, 0.2) is 6.10 Å². The Bertz CT molecular complexity index is 702. The lowest BCUT2D eigenvalue weighted by Crippen LogP contribution is -2.45. The first-order valence-corrected chi connectivity index (χ1v) is 9.04. The molecule has 5 heteroatoms. The average Bonchev–Trinajstić information content (AvgIpc) is 3.20. The number of nitrogens with zero attached hydrogens (tertiary/aromatic N) is 2. The molecule has 2 aliphatic heterocycles. The highest BCUT2D eigenvalue weighted by atomic mass is 32.1. The molecule has 120 valence electrons. The van der Waals surface area contributed by atoms with Crippen LogP contribution in [-0.4, -0.2) is 35.0 Å². The summed E-state index contributed by atoms with van der Waals surface area (Å²) in [6, 6.07) is 7.93. The van der Waals surface area contributed by atoms with Crippen LogP contribution in [0.15, 0.2) is 29.6 Å². The molecule has 2 aliphatic rings. The number of aromatic nitrogens is 1. The summed E-state index contributed by atoms with van der Waals surface area (Å²) in [5.74, 6) is 1.35. The van der Waals surface area contributed by atoms with E-state index in [0.717, 1.165) is 47.9 Å². The summed E-state index contributed by atoms with van der Waals surface area (Å²) in [7, 11) is 0. The number of hydrogen-bond acceptors (Lipinski definition) is 4. The van der Waals surface area contributed by atoms with Crippen molar-refractivity contribution in [1.29, 1.82) is 0 Å². The molecule has 0 bridgehead atoms. The van der Waals surface area contributed by atoms with Crippen molar-refractivity contribution in [3.8, 4) is 5.75 Å². The molecule has 4 nitrogen and oxygen atoms in total. The molecule has 3 heterocycles. The average molecular weight is 328 g/mol. The Labute approximate surface area is 140 Å². The minimum Gasteiger partial charge on any atom is -0.480 e. The maximum Gasteiger partial charge on any atom is 0.264 e. The summed E-state index contributed by atoms with van der Waals surface area (Å²) in [5, 5.41) is 3.25. The second-order valence-electron chi connectivity index (χ2n) is 6.37. The van der Waals surface area contributed by atoms with Gasteiger partial charge >= 0.3 is 0 Å². The van der Waals surface area contributed by atoms with Crippen LogP contribution in [0.25, 0.3) is 0 Å². The van der Waals surface area contributed by atoms with Gasteiger partial charge in [0.05, 0.1) is 5.01 Å². The van der Waals surface area contributed by atoms with E-state index in [-0.39, 0.29) is 12.0 Å². The van der Waals surface area contributed by atoms with E-state index >= 15 is 0 Å². The monoisotopic (exact) mass is 328 g/mol. The second kappa shape index (κ2) is 5.96. The summed E-state index contributed by atoms with van der Waals surface area (Å²) in [6.07, 6.45) is 2.48. The largest absolute Gasteiger partial charge is 0.480 e. The van der Waals surface area contributed by atoms with E-state index in [2.05, 4.69) is 10.4 Å². The van der Waals surface area contributed by atoms with Crippen LogP contribution in [0.2, 0.25) is 0 Å². The molecular weight excluding hydrogens is 308 g/mol. The maximum absolute atomic E-state index is 12.8. The van der Waals surface area contributed by atoms with Gasteiger partial charge in [-0.1, -0.05) is 18.2 Å². The minimum atomic E-state index is -0.357. The van der Waals surface area contributed by atoms with Crippen LogP contribution in [0.3, 0.4) is 0 Å². The number of rotatable bonds is 2. The molecule has 4 rings (SSSR count). The number of fused-ring (bicyclic) bond motifs is 1. The second-order valence-corrected chi connectivity index (χ2v) is 7.26. The number of amides is 1. The van der Waals surface area contributed by atoms with Crippen molar-refractivity contribution in [1.82, 2.24) is 9.88 Å². The first kappa shape index (κ1) is 14.7. The lowest BCUT2D eigenvalue weighted by molar-refractivity contribution is -0.139. The molecule has 1 amide bonds. The molecule has 0 spiro atoms. The molecule has 23 heavy (non-hydrogen) atoms. The highest BCUT2D eigenvalue weighted by molar-refractivity contribution is 7.09. The fraction of sp³-hybridized carbons (Fsp3) is 0.444. The van der Waals surface area contributed by atoms with E-state index < -0.39 is 0 Å². The van der Waals surface area contributed by atoms with Crippen LogP contribution < -0.4 is 4.74 Å². The summed E-state index contributed by atoms with van der Waals surface area (Å²) in [6.45, 7) is 3.62. The Balaban J connectivity index is 1.45. The number of thiazole rings is 1. The van der Waals surface area contributed by atoms with Crippen molar-refractivity contribution < 1.29 is 9.53 Å². The fourth-order valence-corrected chi connectivity index (χ4v) is 4.39. The third kappa shape index (κ3) is 2.85. The van der Waals surface area contributed by atoms with Crippen LogP contribution in [0.1, 0.15) is 35.0 Å². The molecule has 0 N–H and O–H groups in total. The minimum absolute atomic E-state index is 0.124. The molecule has 1 fully saturated rings. The number of aryl methyl sites for hydroxylation is 1. The summed E-state index contributed by atoms with van der Waals surface area (Å²) >= 11 is 1.71. The Morgan fingerprint density at radius 2 is 2.26 bits per heavy atom. The van der Waals surface area contributed by atoms with Gasteiger partial charge in [0.2, 0.25) is 0 Å². The number of piperidine rings is 1. The van der Waals surface area contributed by atoms with E-state index in [1.165, 1.54) is 0 Å². The Hall–Kier alpha value is -1.88. The summed E-state index contributed by atoms with van der Waals surface area (Å²) < 4.78 is 5.86. The first-order chi connectivity index (χ1) is 11.2. The van der Waals surface area contributed by atoms with Gasteiger partial charge in [0.25, 0.3) is 5.91 Å². The molecular formula is C18H20N2O2S. The number of carbonyl (C=O) groups is 1. The lowest BCUT2D eigenvalue weighted by Gasteiger charge is -2.33. The third-order valence-corrected chi connectivity index (χ3v) is 5.77. The van der Waals surface area contributed by atoms with Crippen molar-refractivity contribution in [3.05, 3.63) is 45.9 Å². The Morgan fingerprint density at radius 1 is 1.39 bits per heavy atom. The molecule has 1 aromatic carbocycles. The predicted molar refractivity (Wildman–Crippen MR) is 90.0 cm³/mol. The zero-order valence-corrected chi connectivity index (χ0v) is 14.0. The third-order valence-electron chi connectivity index (χ3n) is 4.64. The molecule has 2 atom stereocenters. The van der Waals surface area contributed by atoms with E-state index in [1.807, 2.05) is 36.1 Å². The SMILES string of the molecule is Cc1csc([C@H]2CCCN(C(=O)[C@@H]3Cc4ccccc4O3)C2)n1. The quantitative estimate of drug-likeness (QED) is 0.850. The lowest BCUT2D eigenvalue weighted by atomic mass is 9.98. The predicted octanol–water partition coefficient (Wildman–Crippen LogP) is 3.16. The molecule has 0 radical (unpaired) electrons. The van der Waals surface area contributed by atoms with Gasteiger partial charge in [0.1, 0.15) is 5.75 Å². The van der Waals surface area contributed by atoms with Crippen molar-refractivity contribution in [2.45, 2.75) is 38.2 Å². The highest BCUT2D eigenvalue weighted by Gasteiger charge is 2.35. The van der Waals surface area contributed by atoms with E-state index in [9.17, 15) is 4.79 Å². The van der Waals surface area contributed by atoms with E-state index in [0.29, 0.717) is 12.3 Å². The van der Waals surface area contributed by atoms with Crippen molar-refractivity contribution in [2.75, 3.05) is 13.1 Å². The maximum atomic E-state index is 12.8. The van der Waals surface area contributed by atoms with Gasteiger partial charge in [-0.3, -0.25) is 4.79 Å². The Kier molecular flexibility index (Phi) is 3.81. The van der Waals surface area contributed by atoms with Crippen molar-refractivity contribution >= 4 is 17.2 Å². The molecule has 1 aromatic heterocycles. The van der Waals surface area contributed by atoms with Crippen LogP contribution >= 0.6 is 11.3 Å². The van der Waals surface area contributed by atoms with Crippen molar-refractivity contribution in [2.24, 2.45) is 0 Å². The number of carbonyl (C=O) groups excluding carboxylic acids is 1. The first-order valence-electron chi connectivity index (χ1n) is 8.16. The zero-order valence-electron chi connectivity index (χ0n) is 13.2. The topological polar surface area (TPSA) is 42.4 Å². The molecule has 0 unspecified atom stereocenters. The van der Waals surface area contributed by atoms with E-state index in [4.69, 9.17) is 4.74 Å². The summed E-state index contributed by atoms with van der Waals surface area (Å²) in [5.41, 5.74) is 2.21. The molecule has 0 aliphatic carbocycles. The van der Waals surface area contributed by atoms with Gasteiger partial charge < -0.3 is 9.64 Å². The van der Waals surface area contributed by atoms with Crippen molar-refractivity contribution in [3.63, 3.8) is 0 Å². The zero-order chi connectivity index (χ0) is 15.8. The molecule has 0 saturated carbocycles. The number of para-hydroxylation sites is 1. The number of ether oxygens (including phenoxy) is 1. The van der Waals surface area contributed by atoms with Crippen LogP contribution in [0, 0.1) is 6.92 Å². The van der Waals surface area contributed by atoms with Gasteiger partial charge in [0, 0.05) is 36.5 Å².